The van der Waals surface area contributed by atoms with E-state index in [0.29, 0.717) is 12.1 Å². The van der Waals surface area contributed by atoms with Gasteiger partial charge in [-0.2, -0.15) is 0 Å². The van der Waals surface area contributed by atoms with E-state index >= 15 is 0 Å². The van der Waals surface area contributed by atoms with Crippen molar-refractivity contribution in [2.24, 2.45) is 0 Å². The fourth-order valence-electron chi connectivity index (χ4n) is 1.63. The first-order chi connectivity index (χ1) is 8.36. The molecule has 0 spiro atoms. The van der Waals surface area contributed by atoms with Crippen molar-refractivity contribution in [1.82, 2.24) is 9.88 Å². The van der Waals surface area contributed by atoms with E-state index in [1.54, 1.807) is 23.8 Å². The molecule has 1 amide bonds. The molecule has 1 rings (SSSR count). The average molecular weight is 317 g/mol. The van der Waals surface area contributed by atoms with Crippen molar-refractivity contribution in [3.63, 3.8) is 0 Å². The smallest absolute Gasteiger partial charge is 0.326 e. The standard InChI is InChI=1S/C12H17BrN2O3/c1-4-9(12(17)18)14-11(16)10-5-8(13)6-15(10)7(2)3/h5-7,9H,4H2,1-3H3,(H,14,16)(H,17,18)/t9-/m1/s1. The fourth-order valence-corrected chi connectivity index (χ4v) is 2.06. The summed E-state index contributed by atoms with van der Waals surface area (Å²) in [6, 6.07) is 0.956. The summed E-state index contributed by atoms with van der Waals surface area (Å²) in [5.41, 5.74) is 0.455. The van der Waals surface area contributed by atoms with Gasteiger partial charge in [0, 0.05) is 16.7 Å². The molecule has 0 unspecified atom stereocenters. The molecule has 18 heavy (non-hydrogen) atoms. The van der Waals surface area contributed by atoms with E-state index in [1.165, 1.54) is 0 Å². The number of rotatable bonds is 5. The third-order valence-corrected chi connectivity index (χ3v) is 3.05. The van der Waals surface area contributed by atoms with Crippen LogP contribution in [0.25, 0.3) is 0 Å². The summed E-state index contributed by atoms with van der Waals surface area (Å²) in [6.07, 6.45) is 2.16. The van der Waals surface area contributed by atoms with Crippen LogP contribution in [0.2, 0.25) is 0 Å². The lowest BCUT2D eigenvalue weighted by Gasteiger charge is -2.15. The van der Waals surface area contributed by atoms with Crippen molar-refractivity contribution in [1.29, 1.82) is 0 Å². The number of aromatic nitrogens is 1. The second-order valence-corrected chi connectivity index (χ2v) is 5.23. The quantitative estimate of drug-likeness (QED) is 0.876. The Hall–Kier alpha value is -1.30. The number of hydrogen-bond acceptors (Lipinski definition) is 2. The minimum absolute atomic E-state index is 0.127. The molecule has 0 aromatic carbocycles. The molecular formula is C12H17BrN2O3. The molecule has 5 nitrogen and oxygen atoms in total. The lowest BCUT2D eigenvalue weighted by molar-refractivity contribution is -0.139. The summed E-state index contributed by atoms with van der Waals surface area (Å²) in [5.74, 6) is -1.39. The maximum atomic E-state index is 12.0. The van der Waals surface area contributed by atoms with Gasteiger partial charge >= 0.3 is 5.97 Å². The van der Waals surface area contributed by atoms with E-state index in [4.69, 9.17) is 5.11 Å². The number of carbonyl (C=O) groups excluding carboxylic acids is 1. The number of nitrogens with zero attached hydrogens (tertiary/aromatic N) is 1. The van der Waals surface area contributed by atoms with Gasteiger partial charge in [-0.05, 0) is 42.3 Å². The third kappa shape index (κ3) is 3.35. The number of carboxylic acid groups (broad SMARTS) is 1. The van der Waals surface area contributed by atoms with Crippen LogP contribution in [-0.2, 0) is 4.79 Å². The van der Waals surface area contributed by atoms with Crippen LogP contribution in [0.15, 0.2) is 16.7 Å². The topological polar surface area (TPSA) is 71.3 Å². The van der Waals surface area contributed by atoms with Gasteiger partial charge in [0.15, 0.2) is 0 Å². The highest BCUT2D eigenvalue weighted by Crippen LogP contribution is 2.19. The van der Waals surface area contributed by atoms with Gasteiger partial charge in [0.25, 0.3) is 5.91 Å². The fraction of sp³-hybridized carbons (Fsp3) is 0.500. The molecule has 0 radical (unpaired) electrons. The Morgan fingerprint density at radius 3 is 2.56 bits per heavy atom. The van der Waals surface area contributed by atoms with Gasteiger partial charge in [0.05, 0.1) is 0 Å². The molecule has 6 heteroatoms. The third-order valence-electron chi connectivity index (χ3n) is 2.62. The van der Waals surface area contributed by atoms with Gasteiger partial charge in [-0.3, -0.25) is 4.79 Å². The zero-order chi connectivity index (χ0) is 13.9. The molecule has 1 aromatic heterocycles. The van der Waals surface area contributed by atoms with Crippen LogP contribution in [0.3, 0.4) is 0 Å². The van der Waals surface area contributed by atoms with Crippen molar-refractivity contribution in [3.8, 4) is 0 Å². The molecule has 0 saturated heterocycles. The molecule has 1 atom stereocenters. The number of amides is 1. The summed E-state index contributed by atoms with van der Waals surface area (Å²) >= 11 is 3.31. The number of carboxylic acids is 1. The molecule has 1 heterocycles. The monoisotopic (exact) mass is 316 g/mol. The van der Waals surface area contributed by atoms with Crippen molar-refractivity contribution in [2.45, 2.75) is 39.3 Å². The van der Waals surface area contributed by atoms with Crippen molar-refractivity contribution in [3.05, 3.63) is 22.4 Å². The Bertz CT molecular complexity index is 454. The number of aliphatic carboxylic acids is 1. The van der Waals surface area contributed by atoms with E-state index in [2.05, 4.69) is 21.2 Å². The summed E-state index contributed by atoms with van der Waals surface area (Å²) in [7, 11) is 0. The SMILES string of the molecule is CC[C@@H](NC(=O)c1cc(Br)cn1C(C)C)C(=O)O. The van der Waals surface area contributed by atoms with Crippen LogP contribution in [-0.4, -0.2) is 27.6 Å². The van der Waals surface area contributed by atoms with E-state index in [-0.39, 0.29) is 11.9 Å². The van der Waals surface area contributed by atoms with E-state index in [1.807, 2.05) is 13.8 Å². The molecular weight excluding hydrogens is 300 g/mol. The minimum atomic E-state index is -1.02. The number of nitrogens with one attached hydrogen (secondary N) is 1. The summed E-state index contributed by atoms with van der Waals surface area (Å²) in [5, 5.41) is 11.4. The number of carbonyl (C=O) groups is 2. The van der Waals surface area contributed by atoms with Gasteiger partial charge in [-0.25, -0.2) is 4.79 Å². The first-order valence-corrected chi connectivity index (χ1v) is 6.57. The summed E-state index contributed by atoms with van der Waals surface area (Å²) in [6.45, 7) is 5.63. The summed E-state index contributed by atoms with van der Waals surface area (Å²) < 4.78 is 2.60. The second-order valence-electron chi connectivity index (χ2n) is 4.32. The van der Waals surface area contributed by atoms with Crippen LogP contribution in [0.5, 0.6) is 0 Å². The molecule has 0 fully saturated rings. The number of halogens is 1. The van der Waals surface area contributed by atoms with E-state index < -0.39 is 12.0 Å². The molecule has 100 valence electrons. The van der Waals surface area contributed by atoms with Gasteiger partial charge in [0.1, 0.15) is 11.7 Å². The van der Waals surface area contributed by atoms with Gasteiger partial charge in [-0.15, -0.1) is 0 Å². The Balaban J connectivity index is 2.93. The second kappa shape index (κ2) is 6.04. The molecule has 1 aromatic rings. The van der Waals surface area contributed by atoms with Crippen LogP contribution < -0.4 is 5.32 Å². The predicted octanol–water partition coefficient (Wildman–Crippen LogP) is 2.42. The minimum Gasteiger partial charge on any atom is -0.480 e. The van der Waals surface area contributed by atoms with Crippen molar-refractivity contribution < 1.29 is 14.7 Å². The van der Waals surface area contributed by atoms with Crippen LogP contribution in [0, 0.1) is 0 Å². The number of hydrogen-bond donors (Lipinski definition) is 2. The first-order valence-electron chi connectivity index (χ1n) is 5.77. The molecule has 0 aliphatic carbocycles. The predicted molar refractivity (Wildman–Crippen MR) is 71.7 cm³/mol. The van der Waals surface area contributed by atoms with Gasteiger partial charge < -0.3 is 15.0 Å². The normalized spacial score (nSPS) is 12.5. The van der Waals surface area contributed by atoms with E-state index in [9.17, 15) is 9.59 Å². The molecule has 0 bridgehead atoms. The Kier molecular flexibility index (Phi) is 4.95. The van der Waals surface area contributed by atoms with Crippen LogP contribution >= 0.6 is 15.9 Å². The lowest BCUT2D eigenvalue weighted by atomic mass is 10.2. The highest BCUT2D eigenvalue weighted by molar-refractivity contribution is 9.10. The average Bonchev–Trinajstić information content (AvgIpc) is 2.67. The molecule has 0 aliphatic heterocycles. The molecule has 0 aliphatic rings. The van der Waals surface area contributed by atoms with Gasteiger partial charge in [0.2, 0.25) is 0 Å². The highest BCUT2D eigenvalue weighted by Gasteiger charge is 2.21. The first kappa shape index (κ1) is 14.8. The van der Waals surface area contributed by atoms with Crippen molar-refractivity contribution >= 4 is 27.8 Å². The van der Waals surface area contributed by atoms with E-state index in [0.717, 1.165) is 4.47 Å². The molecule has 0 saturated carbocycles. The van der Waals surface area contributed by atoms with Crippen LogP contribution in [0.4, 0.5) is 0 Å². The Morgan fingerprint density at radius 2 is 2.11 bits per heavy atom. The Labute approximate surface area is 114 Å². The molecule has 2 N–H and O–H groups in total. The largest absolute Gasteiger partial charge is 0.480 e. The van der Waals surface area contributed by atoms with Crippen molar-refractivity contribution in [2.75, 3.05) is 0 Å². The highest BCUT2D eigenvalue weighted by atomic mass is 79.9. The zero-order valence-electron chi connectivity index (χ0n) is 10.6. The zero-order valence-corrected chi connectivity index (χ0v) is 12.2. The van der Waals surface area contributed by atoms with Crippen LogP contribution in [0.1, 0.15) is 43.7 Å². The lowest BCUT2D eigenvalue weighted by Crippen LogP contribution is -2.41. The maximum absolute atomic E-state index is 12.0. The Morgan fingerprint density at radius 1 is 1.50 bits per heavy atom. The maximum Gasteiger partial charge on any atom is 0.326 e. The summed E-state index contributed by atoms with van der Waals surface area (Å²) in [4.78, 5) is 22.9. The van der Waals surface area contributed by atoms with Gasteiger partial charge in [-0.1, -0.05) is 6.92 Å².